The van der Waals surface area contributed by atoms with Gasteiger partial charge in [-0.2, -0.15) is 0 Å². The molecule has 5 nitrogen and oxygen atoms in total. The highest BCUT2D eigenvalue weighted by Gasteiger charge is 2.14. The molecule has 0 fully saturated rings. The molecule has 1 heterocycles. The molecule has 0 aliphatic carbocycles. The van der Waals surface area contributed by atoms with Crippen LogP contribution in [0.5, 0.6) is 0 Å². The molecular formula is C13H22N2O3S. The van der Waals surface area contributed by atoms with E-state index in [1.54, 1.807) is 6.07 Å². The average molecular weight is 286 g/mol. The van der Waals surface area contributed by atoms with Crippen molar-refractivity contribution in [2.24, 2.45) is 5.92 Å². The average Bonchev–Trinajstić information content (AvgIpc) is 2.38. The van der Waals surface area contributed by atoms with Crippen molar-refractivity contribution in [2.75, 3.05) is 6.54 Å². The van der Waals surface area contributed by atoms with E-state index >= 15 is 0 Å². The Morgan fingerprint density at radius 1 is 1.32 bits per heavy atom. The van der Waals surface area contributed by atoms with Crippen LogP contribution >= 0.6 is 0 Å². The van der Waals surface area contributed by atoms with Gasteiger partial charge in [0.25, 0.3) is 10.0 Å². The Labute approximate surface area is 115 Å². The minimum atomic E-state index is -3.53. The van der Waals surface area contributed by atoms with Crippen LogP contribution in [0.3, 0.4) is 0 Å². The lowest BCUT2D eigenvalue weighted by Gasteiger charge is -2.07. The first kappa shape index (κ1) is 16.1. The molecule has 0 amide bonds. The number of aromatic nitrogens is 1. The van der Waals surface area contributed by atoms with E-state index in [4.69, 9.17) is 5.11 Å². The molecule has 2 N–H and O–H groups in total. The van der Waals surface area contributed by atoms with Gasteiger partial charge in [-0.05, 0) is 24.0 Å². The standard InChI is InChI=1S/C13H22N2O3S/c1-11(2)5-3-4-8-15-19(17,18)13-7-6-12(10-16)9-14-13/h6-7,9,11,15-16H,3-5,8,10H2,1-2H3. The summed E-state index contributed by atoms with van der Waals surface area (Å²) in [6.07, 6.45) is 4.31. The number of hydrogen-bond donors (Lipinski definition) is 2. The van der Waals surface area contributed by atoms with E-state index in [0.29, 0.717) is 18.0 Å². The topological polar surface area (TPSA) is 79.3 Å². The molecule has 0 aliphatic rings. The monoisotopic (exact) mass is 286 g/mol. The van der Waals surface area contributed by atoms with Crippen molar-refractivity contribution < 1.29 is 13.5 Å². The summed E-state index contributed by atoms with van der Waals surface area (Å²) >= 11 is 0. The molecule has 0 spiro atoms. The van der Waals surface area contributed by atoms with Crippen molar-refractivity contribution >= 4 is 10.0 Å². The maximum Gasteiger partial charge on any atom is 0.258 e. The van der Waals surface area contributed by atoms with Gasteiger partial charge < -0.3 is 5.11 Å². The fraction of sp³-hybridized carbons (Fsp3) is 0.615. The van der Waals surface area contributed by atoms with E-state index in [1.807, 2.05) is 0 Å². The number of hydrogen-bond acceptors (Lipinski definition) is 4. The zero-order valence-electron chi connectivity index (χ0n) is 11.5. The zero-order valence-corrected chi connectivity index (χ0v) is 12.3. The first-order valence-electron chi connectivity index (χ1n) is 6.51. The van der Waals surface area contributed by atoms with Gasteiger partial charge in [0.2, 0.25) is 0 Å². The Bertz CT molecular complexity index is 469. The van der Waals surface area contributed by atoms with Gasteiger partial charge in [-0.3, -0.25) is 0 Å². The Balaban J connectivity index is 2.46. The van der Waals surface area contributed by atoms with Crippen molar-refractivity contribution in [1.29, 1.82) is 0 Å². The maximum absolute atomic E-state index is 11.9. The minimum absolute atomic E-state index is 0.00596. The molecule has 19 heavy (non-hydrogen) atoms. The van der Waals surface area contributed by atoms with Gasteiger partial charge in [0.1, 0.15) is 0 Å². The van der Waals surface area contributed by atoms with E-state index in [2.05, 4.69) is 23.6 Å². The van der Waals surface area contributed by atoms with E-state index < -0.39 is 10.0 Å². The number of aliphatic hydroxyl groups excluding tert-OH is 1. The number of pyridine rings is 1. The molecule has 108 valence electrons. The number of aliphatic hydroxyl groups is 1. The second kappa shape index (κ2) is 7.57. The third-order valence-electron chi connectivity index (χ3n) is 2.76. The molecule has 1 aromatic heterocycles. The third kappa shape index (κ3) is 5.67. The first-order chi connectivity index (χ1) is 8.95. The molecule has 0 aliphatic heterocycles. The van der Waals surface area contributed by atoms with Gasteiger partial charge >= 0.3 is 0 Å². The quantitative estimate of drug-likeness (QED) is 0.713. The van der Waals surface area contributed by atoms with Crippen molar-refractivity contribution in [3.63, 3.8) is 0 Å². The molecule has 1 rings (SSSR count). The van der Waals surface area contributed by atoms with Crippen LogP contribution in [0.4, 0.5) is 0 Å². The van der Waals surface area contributed by atoms with Gasteiger partial charge in [-0.1, -0.05) is 32.8 Å². The Morgan fingerprint density at radius 3 is 2.58 bits per heavy atom. The summed E-state index contributed by atoms with van der Waals surface area (Å²) in [4.78, 5) is 3.84. The van der Waals surface area contributed by atoms with E-state index in [1.165, 1.54) is 12.3 Å². The molecule has 0 bridgehead atoms. The largest absolute Gasteiger partial charge is 0.392 e. The van der Waals surface area contributed by atoms with Crippen molar-refractivity contribution in [1.82, 2.24) is 9.71 Å². The summed E-state index contributed by atoms with van der Waals surface area (Å²) < 4.78 is 26.3. The summed E-state index contributed by atoms with van der Waals surface area (Å²) in [5.74, 6) is 0.643. The van der Waals surface area contributed by atoms with E-state index in [0.717, 1.165) is 19.3 Å². The highest BCUT2D eigenvalue weighted by molar-refractivity contribution is 7.89. The fourth-order valence-corrected chi connectivity index (χ4v) is 2.62. The van der Waals surface area contributed by atoms with Gasteiger partial charge in [-0.25, -0.2) is 18.1 Å². The normalized spacial score (nSPS) is 12.0. The second-order valence-electron chi connectivity index (χ2n) is 4.95. The molecule has 0 unspecified atom stereocenters. The number of unbranched alkanes of at least 4 members (excludes halogenated alkanes) is 1. The SMILES string of the molecule is CC(C)CCCCNS(=O)(=O)c1ccc(CO)cn1. The lowest BCUT2D eigenvalue weighted by atomic mass is 10.1. The Kier molecular flexibility index (Phi) is 6.41. The van der Waals surface area contributed by atoms with Crippen molar-refractivity contribution in [3.05, 3.63) is 23.9 Å². The zero-order chi connectivity index (χ0) is 14.3. The molecule has 1 aromatic rings. The van der Waals surface area contributed by atoms with Crippen molar-refractivity contribution in [2.45, 2.75) is 44.7 Å². The molecule has 0 atom stereocenters. The summed E-state index contributed by atoms with van der Waals surface area (Å²) in [5.41, 5.74) is 0.593. The lowest BCUT2D eigenvalue weighted by Crippen LogP contribution is -2.25. The number of nitrogens with one attached hydrogen (secondary N) is 1. The van der Waals surface area contributed by atoms with Crippen LogP contribution in [0.25, 0.3) is 0 Å². The Hall–Kier alpha value is -0.980. The molecular weight excluding hydrogens is 264 g/mol. The molecule has 0 aromatic carbocycles. The van der Waals surface area contributed by atoms with Crippen LogP contribution in [0.2, 0.25) is 0 Å². The lowest BCUT2D eigenvalue weighted by molar-refractivity contribution is 0.281. The van der Waals surface area contributed by atoms with E-state index in [-0.39, 0.29) is 11.6 Å². The Morgan fingerprint density at radius 2 is 2.05 bits per heavy atom. The number of nitrogens with zero attached hydrogens (tertiary/aromatic N) is 1. The molecule has 0 radical (unpaired) electrons. The smallest absolute Gasteiger partial charge is 0.258 e. The first-order valence-corrected chi connectivity index (χ1v) is 7.99. The summed E-state index contributed by atoms with van der Waals surface area (Å²) in [7, 11) is -3.53. The summed E-state index contributed by atoms with van der Waals surface area (Å²) in [6, 6.07) is 2.96. The molecule has 0 saturated carbocycles. The van der Waals surface area contributed by atoms with Crippen LogP contribution in [0.1, 0.15) is 38.7 Å². The molecule has 6 heteroatoms. The molecule has 0 saturated heterocycles. The van der Waals surface area contributed by atoms with Gasteiger partial charge in [0, 0.05) is 12.7 Å². The van der Waals surface area contributed by atoms with Crippen LogP contribution in [0.15, 0.2) is 23.4 Å². The highest BCUT2D eigenvalue weighted by atomic mass is 32.2. The second-order valence-corrected chi connectivity index (χ2v) is 6.66. The summed E-state index contributed by atoms with van der Waals surface area (Å²) in [5, 5.41) is 8.87. The highest BCUT2D eigenvalue weighted by Crippen LogP contribution is 2.08. The predicted molar refractivity (Wildman–Crippen MR) is 74.0 cm³/mol. The number of rotatable bonds is 8. The van der Waals surface area contributed by atoms with E-state index in [9.17, 15) is 8.42 Å². The van der Waals surface area contributed by atoms with Crippen LogP contribution in [-0.2, 0) is 16.6 Å². The number of sulfonamides is 1. The van der Waals surface area contributed by atoms with Crippen LogP contribution in [-0.4, -0.2) is 25.1 Å². The summed E-state index contributed by atoms with van der Waals surface area (Å²) in [6.45, 7) is 4.59. The van der Waals surface area contributed by atoms with Crippen LogP contribution < -0.4 is 4.72 Å². The van der Waals surface area contributed by atoms with Crippen LogP contribution in [0, 0.1) is 5.92 Å². The third-order valence-corrected chi connectivity index (χ3v) is 4.13. The maximum atomic E-state index is 11.9. The van der Waals surface area contributed by atoms with Crippen molar-refractivity contribution in [3.8, 4) is 0 Å². The van der Waals surface area contributed by atoms with Gasteiger partial charge in [0.05, 0.1) is 6.61 Å². The van der Waals surface area contributed by atoms with Gasteiger partial charge in [-0.15, -0.1) is 0 Å². The van der Waals surface area contributed by atoms with Gasteiger partial charge in [0.15, 0.2) is 5.03 Å². The predicted octanol–water partition coefficient (Wildman–Crippen LogP) is 1.68. The minimum Gasteiger partial charge on any atom is -0.392 e. The fourth-order valence-electron chi connectivity index (χ4n) is 1.62.